The third kappa shape index (κ3) is 4.97. The molecule has 1 aliphatic rings. The van der Waals surface area contributed by atoms with E-state index in [1.807, 2.05) is 14.1 Å². The molecule has 0 aromatic rings. The number of carbonyl (C=O) groups is 1. The highest BCUT2D eigenvalue weighted by molar-refractivity contribution is 5.75. The monoisotopic (exact) mass is 254 g/mol. The average Bonchev–Trinajstić information content (AvgIpc) is 2.11. The molecule has 1 aliphatic carbocycles. The summed E-state index contributed by atoms with van der Waals surface area (Å²) in [6.07, 6.45) is 4.32. The standard InChI is InChI=1S/C15H30N2O/c1-14(2)9-12(10-15(3,4)11-14)16-8-7-13(18)17(5)6/h12,16H,7-11H2,1-6H3. The predicted molar refractivity (Wildman–Crippen MR) is 76.5 cm³/mol. The highest BCUT2D eigenvalue weighted by Crippen LogP contribution is 2.45. The SMILES string of the molecule is CN(C)C(=O)CCNC1CC(C)(C)CC(C)(C)C1. The summed E-state index contributed by atoms with van der Waals surface area (Å²) in [6, 6.07) is 0.554. The molecule has 18 heavy (non-hydrogen) atoms. The number of amides is 1. The summed E-state index contributed by atoms with van der Waals surface area (Å²) in [7, 11) is 3.63. The molecule has 0 heterocycles. The van der Waals surface area contributed by atoms with Gasteiger partial charge >= 0.3 is 0 Å². The first-order valence-electron chi connectivity index (χ1n) is 7.05. The largest absolute Gasteiger partial charge is 0.349 e. The second-order valence-corrected chi connectivity index (χ2v) is 7.60. The second-order valence-electron chi connectivity index (χ2n) is 7.60. The van der Waals surface area contributed by atoms with Crippen molar-refractivity contribution in [3.63, 3.8) is 0 Å². The molecule has 0 spiro atoms. The molecular weight excluding hydrogens is 224 g/mol. The van der Waals surface area contributed by atoms with Crippen LogP contribution < -0.4 is 5.32 Å². The summed E-state index contributed by atoms with van der Waals surface area (Å²) in [4.78, 5) is 13.2. The number of nitrogens with zero attached hydrogens (tertiary/aromatic N) is 1. The van der Waals surface area contributed by atoms with E-state index < -0.39 is 0 Å². The molecule has 0 unspecified atom stereocenters. The zero-order valence-corrected chi connectivity index (χ0v) is 13.0. The molecule has 0 radical (unpaired) electrons. The lowest BCUT2D eigenvalue weighted by molar-refractivity contribution is -0.128. The molecule has 0 aliphatic heterocycles. The fourth-order valence-corrected chi connectivity index (χ4v) is 3.60. The normalized spacial score (nSPS) is 22.8. The van der Waals surface area contributed by atoms with Gasteiger partial charge in [-0.05, 0) is 30.1 Å². The molecule has 1 saturated carbocycles. The third-order valence-electron chi connectivity index (χ3n) is 3.83. The van der Waals surface area contributed by atoms with Gasteiger partial charge in [-0.3, -0.25) is 4.79 Å². The van der Waals surface area contributed by atoms with E-state index in [-0.39, 0.29) is 5.91 Å². The van der Waals surface area contributed by atoms with Crippen molar-refractivity contribution >= 4 is 5.91 Å². The number of carbonyl (C=O) groups excluding carboxylic acids is 1. The summed E-state index contributed by atoms with van der Waals surface area (Å²) >= 11 is 0. The van der Waals surface area contributed by atoms with Crippen LogP contribution in [0.2, 0.25) is 0 Å². The molecule has 0 aromatic heterocycles. The Labute approximate surface area is 112 Å². The van der Waals surface area contributed by atoms with E-state index in [1.54, 1.807) is 4.90 Å². The van der Waals surface area contributed by atoms with E-state index in [0.717, 1.165) is 6.54 Å². The molecule has 3 nitrogen and oxygen atoms in total. The van der Waals surface area contributed by atoms with Crippen molar-refractivity contribution in [1.82, 2.24) is 10.2 Å². The van der Waals surface area contributed by atoms with Gasteiger partial charge in [-0.15, -0.1) is 0 Å². The van der Waals surface area contributed by atoms with Crippen LogP contribution in [0.5, 0.6) is 0 Å². The van der Waals surface area contributed by atoms with Gasteiger partial charge < -0.3 is 10.2 Å². The van der Waals surface area contributed by atoms with Crippen LogP contribution >= 0.6 is 0 Å². The van der Waals surface area contributed by atoms with Gasteiger partial charge in [0.25, 0.3) is 0 Å². The Morgan fingerprint density at radius 3 is 2.11 bits per heavy atom. The van der Waals surface area contributed by atoms with Crippen LogP contribution in [0.1, 0.15) is 53.4 Å². The maximum absolute atomic E-state index is 11.5. The van der Waals surface area contributed by atoms with E-state index in [0.29, 0.717) is 23.3 Å². The fraction of sp³-hybridized carbons (Fsp3) is 0.933. The van der Waals surface area contributed by atoms with Crippen molar-refractivity contribution in [1.29, 1.82) is 0 Å². The zero-order chi connectivity index (χ0) is 14.0. The Bertz CT molecular complexity index is 279. The van der Waals surface area contributed by atoms with Gasteiger partial charge in [-0.2, -0.15) is 0 Å². The van der Waals surface area contributed by atoms with Gasteiger partial charge in [0, 0.05) is 33.1 Å². The Morgan fingerprint density at radius 1 is 1.17 bits per heavy atom. The predicted octanol–water partition coefficient (Wildman–Crippen LogP) is 2.66. The second kappa shape index (κ2) is 5.60. The molecule has 1 N–H and O–H groups in total. The fourth-order valence-electron chi connectivity index (χ4n) is 3.60. The lowest BCUT2D eigenvalue weighted by atomic mass is 9.63. The molecule has 106 valence electrons. The van der Waals surface area contributed by atoms with E-state index in [4.69, 9.17) is 0 Å². The Balaban J connectivity index is 2.40. The van der Waals surface area contributed by atoms with E-state index in [1.165, 1.54) is 19.3 Å². The molecule has 1 fully saturated rings. The lowest BCUT2D eigenvalue weighted by Gasteiger charge is -2.45. The number of hydrogen-bond donors (Lipinski definition) is 1. The first-order chi connectivity index (χ1) is 8.11. The maximum atomic E-state index is 11.5. The molecule has 1 amide bonds. The van der Waals surface area contributed by atoms with Crippen LogP contribution in [-0.2, 0) is 4.79 Å². The minimum Gasteiger partial charge on any atom is -0.349 e. The molecule has 3 heteroatoms. The minimum atomic E-state index is 0.205. The number of nitrogens with one attached hydrogen (secondary N) is 1. The lowest BCUT2D eigenvalue weighted by Crippen LogP contribution is -2.44. The molecule has 0 saturated heterocycles. The topological polar surface area (TPSA) is 32.3 Å². The average molecular weight is 254 g/mol. The highest BCUT2D eigenvalue weighted by atomic mass is 16.2. The van der Waals surface area contributed by atoms with E-state index in [9.17, 15) is 4.79 Å². The molecular formula is C15H30N2O. The Morgan fingerprint density at radius 2 is 1.67 bits per heavy atom. The molecule has 0 atom stereocenters. The quantitative estimate of drug-likeness (QED) is 0.836. The van der Waals surface area contributed by atoms with Crippen molar-refractivity contribution < 1.29 is 4.79 Å². The molecule has 0 aromatic carbocycles. The van der Waals surface area contributed by atoms with Gasteiger partial charge in [0.15, 0.2) is 0 Å². The van der Waals surface area contributed by atoms with Crippen molar-refractivity contribution in [2.75, 3.05) is 20.6 Å². The van der Waals surface area contributed by atoms with Crippen LogP contribution in [0.3, 0.4) is 0 Å². The summed E-state index contributed by atoms with van der Waals surface area (Å²) in [5.41, 5.74) is 0.815. The summed E-state index contributed by atoms with van der Waals surface area (Å²) in [6.45, 7) is 10.2. The first-order valence-corrected chi connectivity index (χ1v) is 7.05. The van der Waals surface area contributed by atoms with Gasteiger partial charge in [-0.25, -0.2) is 0 Å². The van der Waals surface area contributed by atoms with Crippen LogP contribution in [-0.4, -0.2) is 37.5 Å². The molecule has 1 rings (SSSR count). The summed E-state index contributed by atoms with van der Waals surface area (Å²) in [5.74, 6) is 0.205. The van der Waals surface area contributed by atoms with Crippen LogP contribution in [0.15, 0.2) is 0 Å². The van der Waals surface area contributed by atoms with Crippen molar-refractivity contribution in [3.8, 4) is 0 Å². The summed E-state index contributed by atoms with van der Waals surface area (Å²) in [5, 5.41) is 3.57. The van der Waals surface area contributed by atoms with E-state index >= 15 is 0 Å². The van der Waals surface area contributed by atoms with Gasteiger partial charge in [0.1, 0.15) is 0 Å². The zero-order valence-electron chi connectivity index (χ0n) is 13.0. The van der Waals surface area contributed by atoms with Crippen molar-refractivity contribution in [2.24, 2.45) is 10.8 Å². The summed E-state index contributed by atoms with van der Waals surface area (Å²) < 4.78 is 0. The van der Waals surface area contributed by atoms with E-state index in [2.05, 4.69) is 33.0 Å². The Hall–Kier alpha value is -0.570. The van der Waals surface area contributed by atoms with Gasteiger partial charge in [-0.1, -0.05) is 27.7 Å². The van der Waals surface area contributed by atoms with Crippen molar-refractivity contribution in [2.45, 2.75) is 59.4 Å². The van der Waals surface area contributed by atoms with Crippen molar-refractivity contribution in [3.05, 3.63) is 0 Å². The minimum absolute atomic E-state index is 0.205. The van der Waals surface area contributed by atoms with Crippen LogP contribution in [0, 0.1) is 10.8 Å². The first kappa shape index (κ1) is 15.5. The number of rotatable bonds is 4. The van der Waals surface area contributed by atoms with Gasteiger partial charge in [0.2, 0.25) is 5.91 Å². The molecule has 0 bridgehead atoms. The van der Waals surface area contributed by atoms with Crippen LogP contribution in [0.25, 0.3) is 0 Å². The number of hydrogen-bond acceptors (Lipinski definition) is 2. The third-order valence-corrected chi connectivity index (χ3v) is 3.83. The smallest absolute Gasteiger partial charge is 0.223 e. The Kier molecular flexibility index (Phi) is 4.82. The maximum Gasteiger partial charge on any atom is 0.223 e. The highest BCUT2D eigenvalue weighted by Gasteiger charge is 2.38. The van der Waals surface area contributed by atoms with Gasteiger partial charge in [0.05, 0.1) is 0 Å². The van der Waals surface area contributed by atoms with Crippen LogP contribution in [0.4, 0.5) is 0 Å².